The Bertz CT molecular complexity index is 1660. The van der Waals surface area contributed by atoms with Crippen LogP contribution in [0.1, 0.15) is 29.0 Å². The molecule has 6 rings (SSSR count). The topological polar surface area (TPSA) is 81.4 Å². The average molecular weight is 441 g/mol. The van der Waals surface area contributed by atoms with Crippen LogP contribution in [0.25, 0.3) is 32.2 Å². The van der Waals surface area contributed by atoms with Gasteiger partial charge in [0.1, 0.15) is 10.5 Å². The van der Waals surface area contributed by atoms with Gasteiger partial charge in [-0.1, -0.05) is 49.4 Å². The Morgan fingerprint density at radius 3 is 2.75 bits per heavy atom. The van der Waals surface area contributed by atoms with E-state index in [2.05, 4.69) is 34.4 Å². The average Bonchev–Trinajstić information content (AvgIpc) is 3.53. The molecule has 0 radical (unpaired) electrons. The second kappa shape index (κ2) is 7.13. The highest BCUT2D eigenvalue weighted by molar-refractivity contribution is 7.19. The molecular formula is C24H20N6OS. The Balaban J connectivity index is 1.45. The molecule has 158 valence electrons. The third kappa shape index (κ3) is 2.80. The van der Waals surface area contributed by atoms with E-state index in [0.29, 0.717) is 12.1 Å². The number of aromatic nitrogens is 6. The van der Waals surface area contributed by atoms with Gasteiger partial charge in [0, 0.05) is 23.7 Å². The summed E-state index contributed by atoms with van der Waals surface area (Å²) in [5.74, 6) is 0.187. The molecule has 0 aliphatic rings. The first-order valence-electron chi connectivity index (χ1n) is 10.4. The highest BCUT2D eigenvalue weighted by atomic mass is 32.1. The summed E-state index contributed by atoms with van der Waals surface area (Å²) in [4.78, 5) is 18.3. The molecule has 4 heterocycles. The molecule has 0 aliphatic heterocycles. The van der Waals surface area contributed by atoms with Crippen molar-refractivity contribution < 1.29 is 0 Å². The number of nitrogens with one attached hydrogen (secondary N) is 1. The number of hydrogen-bond donors (Lipinski definition) is 1. The van der Waals surface area contributed by atoms with Crippen molar-refractivity contribution in [3.8, 4) is 0 Å². The molecule has 7 nitrogen and oxygen atoms in total. The predicted octanol–water partition coefficient (Wildman–Crippen LogP) is 4.42. The summed E-state index contributed by atoms with van der Waals surface area (Å²) in [6, 6.07) is 16.3. The van der Waals surface area contributed by atoms with Crippen molar-refractivity contribution in [2.24, 2.45) is 7.05 Å². The molecular weight excluding hydrogens is 420 g/mol. The highest BCUT2D eigenvalue weighted by Crippen LogP contribution is 2.35. The van der Waals surface area contributed by atoms with Gasteiger partial charge >= 0.3 is 0 Å². The largest absolute Gasteiger partial charge is 0.323 e. The minimum atomic E-state index is -0.117. The molecule has 1 atom stereocenters. The smallest absolute Gasteiger partial charge is 0.291 e. The van der Waals surface area contributed by atoms with Crippen LogP contribution in [0.2, 0.25) is 0 Å². The van der Waals surface area contributed by atoms with Crippen molar-refractivity contribution in [1.82, 2.24) is 29.5 Å². The van der Waals surface area contributed by atoms with E-state index in [0.717, 1.165) is 37.2 Å². The lowest BCUT2D eigenvalue weighted by Gasteiger charge is -2.08. The zero-order chi connectivity index (χ0) is 21.8. The third-order valence-corrected chi connectivity index (χ3v) is 7.37. The van der Waals surface area contributed by atoms with Gasteiger partial charge < -0.3 is 4.57 Å². The number of benzene rings is 2. The van der Waals surface area contributed by atoms with Gasteiger partial charge in [-0.2, -0.15) is 10.2 Å². The summed E-state index contributed by atoms with van der Waals surface area (Å²) in [5.41, 5.74) is 4.51. The molecule has 0 bridgehead atoms. The van der Waals surface area contributed by atoms with Gasteiger partial charge in [0.05, 0.1) is 29.2 Å². The molecule has 32 heavy (non-hydrogen) atoms. The van der Waals surface area contributed by atoms with Crippen molar-refractivity contribution in [2.75, 3.05) is 0 Å². The molecule has 2 aromatic carbocycles. The van der Waals surface area contributed by atoms with Crippen molar-refractivity contribution in [2.45, 2.75) is 19.4 Å². The van der Waals surface area contributed by atoms with E-state index in [1.807, 2.05) is 48.0 Å². The minimum Gasteiger partial charge on any atom is -0.323 e. The summed E-state index contributed by atoms with van der Waals surface area (Å²) >= 11 is 1.64. The first kappa shape index (κ1) is 18.9. The molecule has 0 saturated heterocycles. The standard InChI is InChI=1S/C24H20N6OS/c1-14(15-7-4-3-5-8-15)23-27-22-21(32-23)18-12-26-30(24(31)20(18)29(22)2)13-16-9-6-10-19-17(16)11-25-28-19/h3-12,14H,13H2,1-2H3,(H,25,28). The lowest BCUT2D eigenvalue weighted by Crippen LogP contribution is -2.24. The molecule has 4 aromatic heterocycles. The van der Waals surface area contributed by atoms with Crippen LogP contribution in [-0.2, 0) is 13.6 Å². The summed E-state index contributed by atoms with van der Waals surface area (Å²) in [6.07, 6.45) is 3.58. The van der Waals surface area contributed by atoms with E-state index in [4.69, 9.17) is 4.98 Å². The van der Waals surface area contributed by atoms with E-state index >= 15 is 0 Å². The van der Waals surface area contributed by atoms with E-state index in [1.54, 1.807) is 23.7 Å². The van der Waals surface area contributed by atoms with Crippen LogP contribution in [0.4, 0.5) is 0 Å². The van der Waals surface area contributed by atoms with Crippen LogP contribution in [-0.4, -0.2) is 29.5 Å². The van der Waals surface area contributed by atoms with E-state index < -0.39 is 0 Å². The Kier molecular flexibility index (Phi) is 4.22. The van der Waals surface area contributed by atoms with Crippen molar-refractivity contribution in [1.29, 1.82) is 0 Å². The van der Waals surface area contributed by atoms with E-state index in [-0.39, 0.29) is 11.5 Å². The normalized spacial score (nSPS) is 12.8. The highest BCUT2D eigenvalue weighted by Gasteiger charge is 2.21. The fraction of sp³-hybridized carbons (Fsp3) is 0.167. The quantitative estimate of drug-likeness (QED) is 0.440. The maximum Gasteiger partial charge on any atom is 0.291 e. The van der Waals surface area contributed by atoms with Crippen LogP contribution in [0.15, 0.2) is 65.7 Å². The van der Waals surface area contributed by atoms with Gasteiger partial charge in [-0.25, -0.2) is 9.67 Å². The van der Waals surface area contributed by atoms with Crippen molar-refractivity contribution >= 4 is 43.5 Å². The number of hydrogen-bond acceptors (Lipinski definition) is 5. The minimum absolute atomic E-state index is 0.117. The second-order valence-electron chi connectivity index (χ2n) is 8.01. The fourth-order valence-corrected chi connectivity index (χ4v) is 5.50. The van der Waals surface area contributed by atoms with Gasteiger partial charge in [-0.05, 0) is 17.2 Å². The molecule has 8 heteroatoms. The summed E-state index contributed by atoms with van der Waals surface area (Å²) in [5, 5.41) is 14.5. The van der Waals surface area contributed by atoms with Crippen LogP contribution in [0.5, 0.6) is 0 Å². The number of rotatable bonds is 4. The van der Waals surface area contributed by atoms with Gasteiger partial charge in [-0.3, -0.25) is 9.89 Å². The Hall–Kier alpha value is -3.78. The number of aryl methyl sites for hydroxylation is 1. The number of nitrogens with zero attached hydrogens (tertiary/aromatic N) is 5. The SMILES string of the molecule is CC(c1ccccc1)c1nc2c(s1)c1cnn(Cc3cccc4[nH]ncc34)c(=O)c1n2C. The fourth-order valence-electron chi connectivity index (χ4n) is 4.32. The molecule has 0 spiro atoms. The van der Waals surface area contributed by atoms with Crippen LogP contribution >= 0.6 is 11.3 Å². The second-order valence-corrected chi connectivity index (χ2v) is 9.04. The molecule has 1 unspecified atom stereocenters. The third-order valence-electron chi connectivity index (χ3n) is 6.11. The lowest BCUT2D eigenvalue weighted by atomic mass is 10.0. The number of thiazole rings is 1. The van der Waals surface area contributed by atoms with Gasteiger partial charge in [-0.15, -0.1) is 11.3 Å². The summed E-state index contributed by atoms with van der Waals surface area (Å²) in [6.45, 7) is 2.55. The van der Waals surface area contributed by atoms with Crippen molar-refractivity contribution in [3.05, 3.63) is 87.4 Å². The van der Waals surface area contributed by atoms with Gasteiger partial charge in [0.15, 0.2) is 5.65 Å². The summed E-state index contributed by atoms with van der Waals surface area (Å²) < 4.78 is 4.43. The summed E-state index contributed by atoms with van der Waals surface area (Å²) in [7, 11) is 1.91. The van der Waals surface area contributed by atoms with Gasteiger partial charge in [0.2, 0.25) is 0 Å². The first-order valence-corrected chi connectivity index (χ1v) is 11.2. The maximum atomic E-state index is 13.4. The molecule has 0 fully saturated rings. The zero-order valence-electron chi connectivity index (χ0n) is 17.6. The predicted molar refractivity (Wildman–Crippen MR) is 127 cm³/mol. The maximum absolute atomic E-state index is 13.4. The molecule has 1 N–H and O–H groups in total. The molecule has 0 aliphatic carbocycles. The van der Waals surface area contributed by atoms with Crippen LogP contribution < -0.4 is 5.56 Å². The van der Waals surface area contributed by atoms with Crippen LogP contribution in [0, 0.1) is 0 Å². The zero-order valence-corrected chi connectivity index (χ0v) is 18.4. The van der Waals surface area contributed by atoms with Gasteiger partial charge in [0.25, 0.3) is 5.56 Å². The number of fused-ring (bicyclic) bond motifs is 4. The Labute approximate surface area is 187 Å². The lowest BCUT2D eigenvalue weighted by molar-refractivity contribution is 0.647. The van der Waals surface area contributed by atoms with E-state index in [1.165, 1.54) is 10.2 Å². The monoisotopic (exact) mass is 440 g/mol. The van der Waals surface area contributed by atoms with Crippen LogP contribution in [0.3, 0.4) is 0 Å². The van der Waals surface area contributed by atoms with Crippen molar-refractivity contribution in [3.63, 3.8) is 0 Å². The Morgan fingerprint density at radius 2 is 1.91 bits per heavy atom. The Morgan fingerprint density at radius 1 is 1.06 bits per heavy atom. The molecule has 0 amide bonds. The first-order chi connectivity index (χ1) is 15.6. The number of aromatic amines is 1. The molecule has 6 aromatic rings. The van der Waals surface area contributed by atoms with E-state index in [9.17, 15) is 4.79 Å². The molecule has 0 saturated carbocycles. The number of H-pyrrole nitrogens is 1.